The standard InChI is InChI=1S/C15H19F3O2.C14H16F4O2.C14H19FO2.C14H20O2/c1-5-14(3,4)13(19)20-9-11-6-10(2)7-12(8-11)15(16,17)18;1-4-13(2,3)12(19)20-8-9-6-5-7-10(11(9)15)14(16,17)18;1-5-14(3,4)13(16)17-9-11-10(2)7-6-8-12(11)15;1-5-14(3,4)13(15)16-10-12-8-6-11(2)7-9-12/h6-8H,5,9H2,1-4H3;5-7H,4,8H2,1-3H3;6-8H,5,9H2,1-4H3;6-9H,5,10H2,1-4H3. The molecule has 16 heteroatoms. The number of halogens is 8. The minimum absolute atomic E-state index is 0.000764. The maximum atomic E-state index is 13.7. The van der Waals surface area contributed by atoms with E-state index in [0.717, 1.165) is 41.8 Å². The van der Waals surface area contributed by atoms with Crippen LogP contribution in [0.2, 0.25) is 0 Å². The Hall–Kier alpha value is -5.80. The van der Waals surface area contributed by atoms with E-state index in [1.54, 1.807) is 66.7 Å². The number of carbonyl (C=O) groups excluding carboxylic acids is 4. The first-order valence-corrected chi connectivity index (χ1v) is 24.0. The minimum atomic E-state index is -4.77. The second kappa shape index (κ2) is 28.0. The molecule has 0 saturated heterocycles. The minimum Gasteiger partial charge on any atom is -0.460 e. The molecule has 0 heterocycles. The predicted octanol–water partition coefficient (Wildman–Crippen LogP) is 15.9. The number of benzene rings is 4. The summed E-state index contributed by atoms with van der Waals surface area (Å²) < 4.78 is 123. The molecule has 4 rings (SSSR count). The molecule has 0 atom stereocenters. The predicted molar refractivity (Wildman–Crippen MR) is 265 cm³/mol. The SMILES string of the molecule is CCC(C)(C)C(=O)OCc1c(C)cccc1F.CCC(C)(C)C(=O)OCc1cc(C)cc(C(F)(F)F)c1.CCC(C)(C)C(=O)OCc1ccc(C)cc1.CCC(C)(C)C(=O)OCc1cccc(C(F)(F)F)c1F. The van der Waals surface area contributed by atoms with Gasteiger partial charge in [-0.3, -0.25) is 19.2 Å². The molecule has 8 nitrogen and oxygen atoms in total. The Labute approximate surface area is 426 Å². The smallest absolute Gasteiger partial charge is 0.419 e. The first-order chi connectivity index (χ1) is 33.5. The Bertz CT molecular complexity index is 2400. The average molecular weight is 1040 g/mol. The Morgan fingerprint density at radius 3 is 1.27 bits per heavy atom. The van der Waals surface area contributed by atoms with E-state index >= 15 is 0 Å². The molecule has 0 aliphatic carbocycles. The molecule has 73 heavy (non-hydrogen) atoms. The summed E-state index contributed by atoms with van der Waals surface area (Å²) in [4.78, 5) is 46.9. The first-order valence-electron chi connectivity index (χ1n) is 24.0. The fraction of sp³-hybridized carbons (Fsp3) is 0.509. The van der Waals surface area contributed by atoms with Gasteiger partial charge >= 0.3 is 36.2 Å². The van der Waals surface area contributed by atoms with Crippen molar-refractivity contribution < 1.29 is 73.2 Å². The summed E-state index contributed by atoms with van der Waals surface area (Å²) in [6.07, 6.45) is -6.56. The number of alkyl halides is 6. The molecule has 0 aliphatic rings. The lowest BCUT2D eigenvalue weighted by atomic mass is 9.91. The fourth-order valence-electron chi connectivity index (χ4n) is 5.49. The molecule has 0 fully saturated rings. The van der Waals surface area contributed by atoms with E-state index in [-0.39, 0.29) is 41.9 Å². The van der Waals surface area contributed by atoms with Crippen molar-refractivity contribution in [2.45, 2.75) is 168 Å². The van der Waals surface area contributed by atoms with Gasteiger partial charge in [0.1, 0.15) is 38.1 Å². The van der Waals surface area contributed by atoms with Crippen LogP contribution in [0.1, 0.15) is 159 Å². The molecule has 0 aromatic heterocycles. The van der Waals surface area contributed by atoms with Crippen LogP contribution in [0.5, 0.6) is 0 Å². The molecule has 4 aromatic carbocycles. The maximum absolute atomic E-state index is 13.7. The molecule has 0 N–H and O–H groups in total. The largest absolute Gasteiger partial charge is 0.460 e. The van der Waals surface area contributed by atoms with Crippen LogP contribution in [0, 0.1) is 54.1 Å². The van der Waals surface area contributed by atoms with Crippen molar-refractivity contribution in [3.8, 4) is 0 Å². The van der Waals surface area contributed by atoms with Gasteiger partial charge in [0.15, 0.2) is 0 Å². The maximum Gasteiger partial charge on any atom is 0.419 e. The number of rotatable bonds is 16. The molecule has 0 saturated carbocycles. The second-order valence-corrected chi connectivity index (χ2v) is 20.3. The molecule has 0 spiro atoms. The first kappa shape index (κ1) is 65.2. The van der Waals surface area contributed by atoms with Crippen LogP contribution in [0.4, 0.5) is 35.1 Å². The van der Waals surface area contributed by atoms with Gasteiger partial charge in [0.05, 0.1) is 32.8 Å². The molecular formula is C57H74F8O8. The molecular weight excluding hydrogens is 965 g/mol. The number of hydrogen-bond acceptors (Lipinski definition) is 8. The highest BCUT2D eigenvalue weighted by Crippen LogP contribution is 2.34. The van der Waals surface area contributed by atoms with Gasteiger partial charge in [-0.25, -0.2) is 8.78 Å². The zero-order chi connectivity index (χ0) is 56.3. The summed E-state index contributed by atoms with van der Waals surface area (Å²) in [5, 5.41) is 0. The van der Waals surface area contributed by atoms with Gasteiger partial charge in [-0.15, -0.1) is 0 Å². The number of hydrogen-bond donors (Lipinski definition) is 0. The summed E-state index contributed by atoms with van der Waals surface area (Å²) in [6, 6.07) is 19.4. The summed E-state index contributed by atoms with van der Waals surface area (Å²) >= 11 is 0. The van der Waals surface area contributed by atoms with Crippen LogP contribution in [-0.2, 0) is 76.9 Å². The summed E-state index contributed by atoms with van der Waals surface area (Å²) in [5.74, 6) is -3.13. The van der Waals surface area contributed by atoms with Gasteiger partial charge in [0.25, 0.3) is 0 Å². The average Bonchev–Trinajstić information content (AvgIpc) is 3.31. The number of esters is 4. The van der Waals surface area contributed by atoms with Gasteiger partial charge in [0, 0.05) is 11.1 Å². The molecule has 0 radical (unpaired) electrons. The Morgan fingerprint density at radius 1 is 0.452 bits per heavy atom. The van der Waals surface area contributed by atoms with Crippen molar-refractivity contribution in [1.82, 2.24) is 0 Å². The van der Waals surface area contributed by atoms with Crippen molar-refractivity contribution in [3.63, 3.8) is 0 Å². The van der Waals surface area contributed by atoms with E-state index < -0.39 is 64.1 Å². The Morgan fingerprint density at radius 2 is 0.863 bits per heavy atom. The molecule has 0 bridgehead atoms. The molecule has 0 amide bonds. The lowest BCUT2D eigenvalue weighted by Crippen LogP contribution is -2.25. The van der Waals surface area contributed by atoms with Crippen molar-refractivity contribution in [2.75, 3.05) is 0 Å². The zero-order valence-electron chi connectivity index (χ0n) is 45.0. The third-order valence-electron chi connectivity index (χ3n) is 12.5. The van der Waals surface area contributed by atoms with Crippen LogP contribution < -0.4 is 0 Å². The van der Waals surface area contributed by atoms with Crippen LogP contribution in [0.25, 0.3) is 0 Å². The highest BCUT2D eigenvalue weighted by atomic mass is 19.4. The van der Waals surface area contributed by atoms with Gasteiger partial charge in [-0.2, -0.15) is 26.3 Å². The van der Waals surface area contributed by atoms with Crippen molar-refractivity contribution in [2.24, 2.45) is 21.7 Å². The van der Waals surface area contributed by atoms with Crippen LogP contribution >= 0.6 is 0 Å². The topological polar surface area (TPSA) is 105 Å². The van der Waals surface area contributed by atoms with Crippen LogP contribution in [0.15, 0.2) is 78.9 Å². The van der Waals surface area contributed by atoms with Crippen molar-refractivity contribution >= 4 is 23.9 Å². The van der Waals surface area contributed by atoms with Crippen molar-refractivity contribution in [3.05, 3.63) is 141 Å². The van der Waals surface area contributed by atoms with E-state index in [9.17, 15) is 54.3 Å². The van der Waals surface area contributed by atoms with E-state index in [2.05, 4.69) is 0 Å². The summed E-state index contributed by atoms with van der Waals surface area (Å²) in [6.45, 7) is 26.9. The van der Waals surface area contributed by atoms with Crippen molar-refractivity contribution in [1.29, 1.82) is 0 Å². The molecule has 406 valence electrons. The van der Waals surface area contributed by atoms with E-state index in [1.165, 1.54) is 11.6 Å². The Kier molecular flexibility index (Phi) is 25.0. The lowest BCUT2D eigenvalue weighted by molar-refractivity contribution is -0.156. The number of carbonyl (C=O) groups is 4. The zero-order valence-corrected chi connectivity index (χ0v) is 45.0. The van der Waals surface area contributed by atoms with E-state index in [4.69, 9.17) is 18.9 Å². The quantitative estimate of drug-likeness (QED) is 0.0621. The third-order valence-corrected chi connectivity index (χ3v) is 12.5. The van der Waals surface area contributed by atoms with Gasteiger partial charge in [-0.05, 0) is 143 Å². The van der Waals surface area contributed by atoms with Crippen LogP contribution in [0.3, 0.4) is 0 Å². The lowest BCUT2D eigenvalue weighted by Gasteiger charge is -2.20. The molecule has 0 aliphatic heterocycles. The number of aryl methyl sites for hydroxylation is 3. The van der Waals surface area contributed by atoms with Crippen LogP contribution in [-0.4, -0.2) is 23.9 Å². The van der Waals surface area contributed by atoms with Gasteiger partial charge in [-0.1, -0.05) is 93.4 Å². The fourth-order valence-corrected chi connectivity index (χ4v) is 5.49. The second-order valence-electron chi connectivity index (χ2n) is 20.3. The van der Waals surface area contributed by atoms with E-state index in [1.807, 2.05) is 79.7 Å². The van der Waals surface area contributed by atoms with E-state index in [0.29, 0.717) is 48.6 Å². The summed E-state index contributed by atoms with van der Waals surface area (Å²) in [7, 11) is 0. The van der Waals surface area contributed by atoms with Gasteiger partial charge in [0.2, 0.25) is 0 Å². The monoisotopic (exact) mass is 1040 g/mol. The highest BCUT2D eigenvalue weighted by Gasteiger charge is 2.36. The molecule has 4 aromatic rings. The molecule has 0 unspecified atom stereocenters. The third kappa shape index (κ3) is 21.7. The number of ether oxygens (including phenoxy) is 4. The normalized spacial score (nSPS) is 11.9. The highest BCUT2D eigenvalue weighted by molar-refractivity contribution is 5.77. The summed E-state index contributed by atoms with van der Waals surface area (Å²) in [5.41, 5.74) is -0.328. The van der Waals surface area contributed by atoms with Gasteiger partial charge < -0.3 is 18.9 Å². The Balaban J connectivity index is 0.000000489.